The van der Waals surface area contributed by atoms with Gasteiger partial charge in [-0.1, -0.05) is 42.5 Å². The molecule has 0 spiro atoms. The average molecular weight is 572 g/mol. The molecule has 0 amide bonds. The van der Waals surface area contributed by atoms with Crippen molar-refractivity contribution in [1.82, 2.24) is 19.4 Å². The van der Waals surface area contributed by atoms with E-state index in [0.717, 1.165) is 92.4 Å². The van der Waals surface area contributed by atoms with Crippen LogP contribution in [0.25, 0.3) is 10.2 Å². The van der Waals surface area contributed by atoms with Crippen LogP contribution >= 0.6 is 11.3 Å². The Morgan fingerprint density at radius 3 is 2.51 bits per heavy atom. The molecule has 4 aromatic rings. The number of piperazine rings is 1. The zero-order chi connectivity index (χ0) is 28.2. The molecule has 0 saturated carbocycles. The van der Waals surface area contributed by atoms with E-state index in [9.17, 15) is 9.59 Å². The fourth-order valence-electron chi connectivity index (χ4n) is 6.01. The number of nitrogens with zero attached hydrogens (tertiary/aromatic N) is 5. The highest BCUT2D eigenvalue weighted by atomic mass is 32.1. The Morgan fingerprint density at radius 2 is 1.71 bits per heavy atom. The normalized spacial score (nSPS) is 16.2. The molecule has 0 atom stereocenters. The zero-order valence-corrected chi connectivity index (χ0v) is 24.4. The summed E-state index contributed by atoms with van der Waals surface area (Å²) in [6.07, 6.45) is 3.98. The van der Waals surface area contributed by atoms with Crippen LogP contribution in [0.1, 0.15) is 33.6 Å². The summed E-state index contributed by atoms with van der Waals surface area (Å²) in [5.74, 6) is 1.11. The smallest absolute Gasteiger partial charge is 0.262 e. The van der Waals surface area contributed by atoms with Crippen LogP contribution < -0.4 is 15.2 Å². The maximum absolute atomic E-state index is 13.5. The minimum atomic E-state index is 0.0852. The van der Waals surface area contributed by atoms with Gasteiger partial charge >= 0.3 is 0 Å². The standard InChI is InChI=1S/C32H37N5O3S/c1-40-28-12-6-5-10-26(28)36-19-16-34(17-20-36)18-21-37-23-33-31-30(32(37)39)25-13-15-35(22-29(25)41-31)14-7-11-27(38)24-8-3-2-4-9-24/h2-6,8-10,12,23H,7,11,13-22H2,1H3. The van der Waals surface area contributed by atoms with Gasteiger partial charge in [0, 0.05) is 69.2 Å². The number of ether oxygens (including phenoxy) is 1. The van der Waals surface area contributed by atoms with Crippen molar-refractivity contribution in [2.45, 2.75) is 32.4 Å². The van der Waals surface area contributed by atoms with Gasteiger partial charge in [-0.25, -0.2) is 4.98 Å². The number of benzene rings is 2. The number of para-hydroxylation sites is 2. The Bertz CT molecular complexity index is 1560. The number of Topliss-reactive ketones (excluding diaryl/α,β-unsaturated/α-hetero) is 1. The van der Waals surface area contributed by atoms with Crippen molar-refractivity contribution in [2.24, 2.45) is 0 Å². The number of carbonyl (C=O) groups excluding carboxylic acids is 1. The van der Waals surface area contributed by atoms with Crippen LogP contribution in [0.4, 0.5) is 5.69 Å². The number of hydrogen-bond acceptors (Lipinski definition) is 8. The first-order valence-corrected chi connectivity index (χ1v) is 15.3. The van der Waals surface area contributed by atoms with Gasteiger partial charge in [-0.05, 0) is 37.1 Å². The van der Waals surface area contributed by atoms with Gasteiger partial charge in [0.15, 0.2) is 5.78 Å². The Labute approximate surface area is 244 Å². The van der Waals surface area contributed by atoms with Gasteiger partial charge in [0.2, 0.25) is 0 Å². The lowest BCUT2D eigenvalue weighted by Gasteiger charge is -2.36. The monoisotopic (exact) mass is 571 g/mol. The Hall–Kier alpha value is -3.53. The summed E-state index contributed by atoms with van der Waals surface area (Å²) in [4.78, 5) is 40.0. The molecule has 6 rings (SSSR count). The second-order valence-electron chi connectivity index (χ2n) is 10.8. The van der Waals surface area contributed by atoms with Crippen molar-refractivity contribution in [1.29, 1.82) is 0 Å². The summed E-state index contributed by atoms with van der Waals surface area (Å²) in [6.45, 7) is 7.84. The quantitative estimate of drug-likeness (QED) is 0.263. The van der Waals surface area contributed by atoms with Crippen molar-refractivity contribution in [3.05, 3.63) is 87.3 Å². The highest BCUT2D eigenvalue weighted by molar-refractivity contribution is 7.18. The summed E-state index contributed by atoms with van der Waals surface area (Å²) < 4.78 is 7.34. The Kier molecular flexibility index (Phi) is 8.46. The molecule has 214 valence electrons. The van der Waals surface area contributed by atoms with E-state index in [1.807, 2.05) is 42.5 Å². The first-order chi connectivity index (χ1) is 20.1. The van der Waals surface area contributed by atoms with Gasteiger partial charge in [-0.3, -0.25) is 24.0 Å². The third-order valence-corrected chi connectivity index (χ3v) is 9.46. The third-order valence-electron chi connectivity index (χ3n) is 8.34. The molecule has 0 unspecified atom stereocenters. The lowest BCUT2D eigenvalue weighted by atomic mass is 10.0. The third kappa shape index (κ3) is 6.07. The van der Waals surface area contributed by atoms with Crippen LogP contribution in [-0.2, 0) is 19.5 Å². The molecule has 41 heavy (non-hydrogen) atoms. The van der Waals surface area contributed by atoms with E-state index in [-0.39, 0.29) is 11.3 Å². The average Bonchev–Trinajstić information content (AvgIpc) is 3.40. The fourth-order valence-corrected chi connectivity index (χ4v) is 7.23. The molecule has 0 radical (unpaired) electrons. The second kappa shape index (κ2) is 12.5. The van der Waals surface area contributed by atoms with Crippen LogP contribution in [0.15, 0.2) is 65.7 Å². The van der Waals surface area contributed by atoms with Gasteiger partial charge in [0.1, 0.15) is 10.6 Å². The van der Waals surface area contributed by atoms with E-state index in [1.54, 1.807) is 29.3 Å². The molecule has 1 saturated heterocycles. The molecule has 2 aromatic carbocycles. The van der Waals surface area contributed by atoms with Gasteiger partial charge in [-0.15, -0.1) is 11.3 Å². The molecule has 2 aliphatic rings. The summed E-state index contributed by atoms with van der Waals surface area (Å²) in [5.41, 5.74) is 3.19. The molecule has 0 bridgehead atoms. The summed E-state index contributed by atoms with van der Waals surface area (Å²) in [5, 5.41) is 0.812. The van der Waals surface area contributed by atoms with Gasteiger partial charge < -0.3 is 9.64 Å². The number of thiophene rings is 1. The summed E-state index contributed by atoms with van der Waals surface area (Å²) in [7, 11) is 1.72. The minimum Gasteiger partial charge on any atom is -0.495 e. The van der Waals surface area contributed by atoms with E-state index < -0.39 is 0 Å². The second-order valence-corrected chi connectivity index (χ2v) is 11.9. The van der Waals surface area contributed by atoms with Crippen LogP contribution in [0.5, 0.6) is 5.75 Å². The molecular formula is C32H37N5O3S. The predicted octanol–water partition coefficient (Wildman–Crippen LogP) is 4.31. The van der Waals surface area contributed by atoms with Crippen molar-refractivity contribution in [2.75, 3.05) is 57.8 Å². The SMILES string of the molecule is COc1ccccc1N1CCN(CCn2cnc3sc4c(c3c2=O)CCN(CCCC(=O)c2ccccc2)C4)CC1. The molecule has 8 nitrogen and oxygen atoms in total. The maximum atomic E-state index is 13.5. The Balaban J connectivity index is 1.04. The first kappa shape index (κ1) is 27.6. The lowest BCUT2D eigenvalue weighted by molar-refractivity contribution is 0.0974. The van der Waals surface area contributed by atoms with Gasteiger partial charge in [-0.2, -0.15) is 0 Å². The number of carbonyl (C=O) groups is 1. The van der Waals surface area contributed by atoms with Crippen molar-refractivity contribution < 1.29 is 9.53 Å². The maximum Gasteiger partial charge on any atom is 0.262 e. The number of rotatable bonds is 10. The van der Waals surface area contributed by atoms with Crippen LogP contribution in [0.3, 0.4) is 0 Å². The number of hydrogen-bond donors (Lipinski definition) is 0. The minimum absolute atomic E-state index is 0.0852. The van der Waals surface area contributed by atoms with E-state index in [0.29, 0.717) is 13.0 Å². The Morgan fingerprint density at radius 1 is 0.927 bits per heavy atom. The van der Waals surface area contributed by atoms with E-state index >= 15 is 0 Å². The highest BCUT2D eigenvalue weighted by Crippen LogP contribution is 2.32. The molecule has 0 aliphatic carbocycles. The van der Waals surface area contributed by atoms with Crippen molar-refractivity contribution in [3.63, 3.8) is 0 Å². The molecule has 1 fully saturated rings. The number of anilines is 1. The first-order valence-electron chi connectivity index (χ1n) is 14.5. The molecule has 2 aliphatic heterocycles. The topological polar surface area (TPSA) is 70.9 Å². The van der Waals surface area contributed by atoms with E-state index in [1.165, 1.54) is 10.4 Å². The molecule has 9 heteroatoms. The van der Waals surface area contributed by atoms with Crippen molar-refractivity contribution in [3.8, 4) is 5.75 Å². The summed E-state index contributed by atoms with van der Waals surface area (Å²) >= 11 is 1.65. The van der Waals surface area contributed by atoms with Crippen LogP contribution in [0, 0.1) is 0 Å². The van der Waals surface area contributed by atoms with E-state index in [2.05, 4.69) is 26.8 Å². The van der Waals surface area contributed by atoms with Crippen LogP contribution in [-0.4, -0.2) is 78.1 Å². The van der Waals surface area contributed by atoms with Crippen molar-refractivity contribution >= 4 is 33.0 Å². The highest BCUT2D eigenvalue weighted by Gasteiger charge is 2.24. The predicted molar refractivity (Wildman–Crippen MR) is 165 cm³/mol. The van der Waals surface area contributed by atoms with Gasteiger partial charge in [0.25, 0.3) is 5.56 Å². The number of fused-ring (bicyclic) bond motifs is 3. The van der Waals surface area contributed by atoms with E-state index in [4.69, 9.17) is 9.72 Å². The number of methoxy groups -OCH3 is 1. The molecule has 0 N–H and O–H groups in total. The lowest BCUT2D eigenvalue weighted by Crippen LogP contribution is -2.47. The fraction of sp³-hybridized carbons (Fsp3) is 0.406. The molecule has 2 aromatic heterocycles. The summed E-state index contributed by atoms with van der Waals surface area (Å²) in [6, 6.07) is 17.7. The number of aromatic nitrogens is 2. The van der Waals surface area contributed by atoms with Gasteiger partial charge in [0.05, 0.1) is 24.5 Å². The van der Waals surface area contributed by atoms with Crippen LogP contribution in [0.2, 0.25) is 0 Å². The largest absolute Gasteiger partial charge is 0.495 e. The molecular weight excluding hydrogens is 534 g/mol. The number of ketones is 1. The molecule has 4 heterocycles. The zero-order valence-electron chi connectivity index (χ0n) is 23.6.